The Balaban J connectivity index is 2.74. The summed E-state index contributed by atoms with van der Waals surface area (Å²) < 4.78 is 6.73. The summed E-state index contributed by atoms with van der Waals surface area (Å²) in [5, 5.41) is 0. The number of aryl methyl sites for hydroxylation is 1. The number of methoxy groups -OCH3 is 1. The molecule has 0 aliphatic carbocycles. The van der Waals surface area contributed by atoms with E-state index in [0.717, 1.165) is 25.1 Å². The van der Waals surface area contributed by atoms with E-state index in [1.807, 2.05) is 0 Å². The highest BCUT2D eigenvalue weighted by atomic mass is 79.9. The molecule has 0 saturated carbocycles. The Kier molecular flexibility index (Phi) is 6.72. The second-order valence-corrected chi connectivity index (χ2v) is 5.62. The van der Waals surface area contributed by atoms with Crippen molar-refractivity contribution < 1.29 is 4.74 Å². The molecular formula is C15H24BrNO. The highest BCUT2D eigenvalue weighted by molar-refractivity contribution is 9.10. The van der Waals surface area contributed by atoms with Crippen LogP contribution in [0.1, 0.15) is 42.4 Å². The van der Waals surface area contributed by atoms with E-state index in [4.69, 9.17) is 10.5 Å². The van der Waals surface area contributed by atoms with Crippen LogP contribution in [0.25, 0.3) is 0 Å². The zero-order valence-corrected chi connectivity index (χ0v) is 13.3. The van der Waals surface area contributed by atoms with Gasteiger partial charge in [0, 0.05) is 4.47 Å². The van der Waals surface area contributed by atoms with E-state index in [2.05, 4.69) is 35.8 Å². The Morgan fingerprint density at radius 2 is 1.83 bits per heavy atom. The lowest BCUT2D eigenvalue weighted by Gasteiger charge is -2.16. The van der Waals surface area contributed by atoms with Crippen molar-refractivity contribution in [3.05, 3.63) is 27.2 Å². The van der Waals surface area contributed by atoms with E-state index in [0.29, 0.717) is 0 Å². The van der Waals surface area contributed by atoms with E-state index in [9.17, 15) is 0 Å². The van der Waals surface area contributed by atoms with Crippen molar-refractivity contribution in [1.82, 2.24) is 0 Å². The number of rotatable bonds is 7. The SMILES string of the molecule is COc1c(C)cc(Br)c(C)c1CCCCCCN. The number of benzene rings is 1. The topological polar surface area (TPSA) is 35.2 Å². The van der Waals surface area contributed by atoms with Crippen molar-refractivity contribution >= 4 is 15.9 Å². The molecule has 0 spiro atoms. The third kappa shape index (κ3) is 3.99. The molecule has 0 fully saturated rings. The predicted molar refractivity (Wildman–Crippen MR) is 81.4 cm³/mol. The van der Waals surface area contributed by atoms with Gasteiger partial charge in [-0.1, -0.05) is 28.8 Å². The minimum absolute atomic E-state index is 0.804. The normalized spacial score (nSPS) is 10.7. The Hall–Kier alpha value is -0.540. The fraction of sp³-hybridized carbons (Fsp3) is 0.600. The van der Waals surface area contributed by atoms with Crippen LogP contribution in [-0.2, 0) is 6.42 Å². The monoisotopic (exact) mass is 313 g/mol. The minimum Gasteiger partial charge on any atom is -0.496 e. The highest BCUT2D eigenvalue weighted by Crippen LogP contribution is 2.33. The molecule has 0 saturated heterocycles. The zero-order chi connectivity index (χ0) is 13.5. The Morgan fingerprint density at radius 1 is 1.17 bits per heavy atom. The van der Waals surface area contributed by atoms with E-state index < -0.39 is 0 Å². The van der Waals surface area contributed by atoms with Crippen molar-refractivity contribution in [3.8, 4) is 5.75 Å². The van der Waals surface area contributed by atoms with Crippen LogP contribution < -0.4 is 10.5 Å². The smallest absolute Gasteiger partial charge is 0.125 e. The highest BCUT2D eigenvalue weighted by Gasteiger charge is 2.12. The van der Waals surface area contributed by atoms with Gasteiger partial charge < -0.3 is 10.5 Å². The maximum atomic E-state index is 5.55. The van der Waals surface area contributed by atoms with Crippen LogP contribution in [0.15, 0.2) is 10.5 Å². The van der Waals surface area contributed by atoms with Gasteiger partial charge in [-0.25, -0.2) is 0 Å². The molecule has 0 aliphatic rings. The molecule has 0 radical (unpaired) electrons. The molecule has 18 heavy (non-hydrogen) atoms. The van der Waals surface area contributed by atoms with Crippen LogP contribution in [0.5, 0.6) is 5.75 Å². The largest absolute Gasteiger partial charge is 0.496 e. The molecule has 0 bridgehead atoms. The molecule has 0 aromatic heterocycles. The number of unbranched alkanes of at least 4 members (excludes halogenated alkanes) is 3. The van der Waals surface area contributed by atoms with Crippen molar-refractivity contribution in [2.45, 2.75) is 46.0 Å². The van der Waals surface area contributed by atoms with Gasteiger partial charge >= 0.3 is 0 Å². The second kappa shape index (κ2) is 7.80. The van der Waals surface area contributed by atoms with Gasteiger partial charge in [0.05, 0.1) is 7.11 Å². The molecule has 2 N–H and O–H groups in total. The summed E-state index contributed by atoms with van der Waals surface area (Å²) in [5.74, 6) is 1.05. The standard InChI is InChI=1S/C15H24BrNO/c1-11-10-14(16)12(2)13(15(11)18-3)8-6-4-5-7-9-17/h10H,4-9,17H2,1-3H3. The quantitative estimate of drug-likeness (QED) is 0.768. The summed E-state index contributed by atoms with van der Waals surface area (Å²) in [7, 11) is 1.76. The summed E-state index contributed by atoms with van der Waals surface area (Å²) in [5.41, 5.74) is 9.35. The van der Waals surface area contributed by atoms with Gasteiger partial charge in [0.25, 0.3) is 0 Å². The first-order valence-corrected chi connectivity index (χ1v) is 7.43. The van der Waals surface area contributed by atoms with E-state index >= 15 is 0 Å². The fourth-order valence-electron chi connectivity index (χ4n) is 2.30. The second-order valence-electron chi connectivity index (χ2n) is 4.76. The number of hydrogen-bond donors (Lipinski definition) is 1. The van der Waals surface area contributed by atoms with Crippen molar-refractivity contribution in [2.24, 2.45) is 5.73 Å². The van der Waals surface area contributed by atoms with Crippen molar-refractivity contribution in [3.63, 3.8) is 0 Å². The third-order valence-electron chi connectivity index (χ3n) is 3.37. The van der Waals surface area contributed by atoms with Crippen LogP contribution >= 0.6 is 15.9 Å². The van der Waals surface area contributed by atoms with Gasteiger partial charge in [0.15, 0.2) is 0 Å². The first kappa shape index (κ1) is 15.5. The molecule has 3 heteroatoms. The summed E-state index contributed by atoms with van der Waals surface area (Å²) in [4.78, 5) is 0. The molecule has 1 aromatic carbocycles. The van der Waals surface area contributed by atoms with Gasteiger partial charge in [0.2, 0.25) is 0 Å². The molecule has 0 atom stereocenters. The number of ether oxygens (including phenoxy) is 1. The van der Waals surface area contributed by atoms with Gasteiger partial charge in [-0.2, -0.15) is 0 Å². The molecule has 1 aromatic rings. The van der Waals surface area contributed by atoms with Crippen LogP contribution in [-0.4, -0.2) is 13.7 Å². The predicted octanol–water partition coefficient (Wildman–Crippen LogP) is 4.14. The lowest BCUT2D eigenvalue weighted by molar-refractivity contribution is 0.405. The third-order valence-corrected chi connectivity index (χ3v) is 4.20. The molecule has 0 heterocycles. The number of nitrogens with two attached hydrogens (primary N) is 1. The average Bonchev–Trinajstić information content (AvgIpc) is 2.35. The van der Waals surface area contributed by atoms with E-state index in [1.54, 1.807) is 7.11 Å². The Labute approximate surface area is 119 Å². The summed E-state index contributed by atoms with van der Waals surface area (Å²) in [6.07, 6.45) is 5.89. The van der Waals surface area contributed by atoms with Crippen LogP contribution in [0.4, 0.5) is 0 Å². The minimum atomic E-state index is 0.804. The zero-order valence-electron chi connectivity index (χ0n) is 11.7. The summed E-state index contributed by atoms with van der Waals surface area (Å²) in [6, 6.07) is 2.13. The van der Waals surface area contributed by atoms with Crippen molar-refractivity contribution in [1.29, 1.82) is 0 Å². The van der Waals surface area contributed by atoms with Crippen LogP contribution in [0, 0.1) is 13.8 Å². The Morgan fingerprint density at radius 3 is 2.44 bits per heavy atom. The van der Waals surface area contributed by atoms with Crippen LogP contribution in [0.3, 0.4) is 0 Å². The molecule has 0 amide bonds. The van der Waals surface area contributed by atoms with E-state index in [-0.39, 0.29) is 0 Å². The number of hydrogen-bond acceptors (Lipinski definition) is 2. The first-order chi connectivity index (χ1) is 8.61. The fourth-order valence-corrected chi connectivity index (χ4v) is 2.88. The molecule has 0 aliphatic heterocycles. The molecule has 0 unspecified atom stereocenters. The number of halogens is 1. The van der Waals surface area contributed by atoms with Gasteiger partial charge in [0.1, 0.15) is 5.75 Å². The molecule has 102 valence electrons. The molecule has 2 nitrogen and oxygen atoms in total. The maximum absolute atomic E-state index is 5.55. The summed E-state index contributed by atoms with van der Waals surface area (Å²) in [6.45, 7) is 5.06. The van der Waals surface area contributed by atoms with Crippen molar-refractivity contribution in [2.75, 3.05) is 13.7 Å². The molecule has 1 rings (SSSR count). The Bertz CT molecular complexity index is 391. The summed E-state index contributed by atoms with van der Waals surface area (Å²) >= 11 is 3.62. The lowest BCUT2D eigenvalue weighted by Crippen LogP contribution is -2.00. The van der Waals surface area contributed by atoms with Gasteiger partial charge in [-0.05, 0) is 62.4 Å². The maximum Gasteiger partial charge on any atom is 0.125 e. The first-order valence-electron chi connectivity index (χ1n) is 6.64. The van der Waals surface area contributed by atoms with Crippen LogP contribution in [0.2, 0.25) is 0 Å². The lowest BCUT2D eigenvalue weighted by atomic mass is 9.98. The average molecular weight is 314 g/mol. The van der Waals surface area contributed by atoms with E-state index in [1.165, 1.54) is 40.4 Å². The van der Waals surface area contributed by atoms with Gasteiger partial charge in [-0.15, -0.1) is 0 Å². The molecular weight excluding hydrogens is 290 g/mol. The van der Waals surface area contributed by atoms with Gasteiger partial charge in [-0.3, -0.25) is 0 Å².